The smallest absolute Gasteiger partial charge is 0.251 e. The molecule has 0 spiro atoms. The fourth-order valence-electron chi connectivity index (χ4n) is 3.58. The number of H-pyrrole nitrogens is 1. The molecule has 31 heavy (non-hydrogen) atoms. The van der Waals surface area contributed by atoms with E-state index in [1.165, 1.54) is 0 Å². The van der Waals surface area contributed by atoms with Gasteiger partial charge in [-0.25, -0.2) is 4.98 Å². The molecular weight excluding hydrogens is 388 g/mol. The molecule has 1 amide bonds. The zero-order valence-electron chi connectivity index (χ0n) is 17.4. The maximum atomic E-state index is 12.5. The number of nitrogens with zero attached hydrogens (tertiary/aromatic N) is 2. The summed E-state index contributed by atoms with van der Waals surface area (Å²) in [6, 6.07) is 19.4. The molecule has 0 atom stereocenters. The number of carbonyl (C=O) groups is 1. The molecule has 0 unspecified atom stereocenters. The maximum absolute atomic E-state index is 12.5. The molecule has 2 N–H and O–H groups in total. The van der Waals surface area contributed by atoms with Gasteiger partial charge in [-0.2, -0.15) is 5.26 Å². The van der Waals surface area contributed by atoms with Crippen LogP contribution >= 0.6 is 0 Å². The van der Waals surface area contributed by atoms with Gasteiger partial charge in [0.15, 0.2) is 0 Å². The molecule has 2 aromatic heterocycles. The van der Waals surface area contributed by atoms with E-state index in [-0.39, 0.29) is 5.91 Å². The second-order valence-corrected chi connectivity index (χ2v) is 7.29. The number of amides is 1. The van der Waals surface area contributed by atoms with Gasteiger partial charge in [-0.05, 0) is 54.8 Å². The average Bonchev–Trinajstić information content (AvgIpc) is 3.13. The summed E-state index contributed by atoms with van der Waals surface area (Å²) < 4.78 is 5.08. The van der Waals surface area contributed by atoms with Crippen LogP contribution in [0.1, 0.15) is 27.2 Å². The Morgan fingerprint density at radius 2 is 1.90 bits per heavy atom. The SMILES string of the molecule is COc1ccc(-c2ccc(C(=O)NCCc3ccc4[nH]c(C)c(C#N)c4c3)cc2)cn1. The van der Waals surface area contributed by atoms with Crippen molar-refractivity contribution in [2.24, 2.45) is 0 Å². The Bertz CT molecular complexity index is 1270. The highest BCUT2D eigenvalue weighted by atomic mass is 16.5. The number of aryl methyl sites for hydroxylation is 1. The maximum Gasteiger partial charge on any atom is 0.251 e. The lowest BCUT2D eigenvalue weighted by Crippen LogP contribution is -2.25. The lowest BCUT2D eigenvalue weighted by Gasteiger charge is -2.07. The Hall–Kier alpha value is -4.11. The first-order chi connectivity index (χ1) is 15.1. The molecule has 0 bridgehead atoms. The summed E-state index contributed by atoms with van der Waals surface area (Å²) in [6.07, 6.45) is 2.43. The molecule has 6 heteroatoms. The third-order valence-corrected chi connectivity index (χ3v) is 5.29. The normalized spacial score (nSPS) is 10.6. The number of ether oxygens (including phenoxy) is 1. The Kier molecular flexibility index (Phi) is 5.67. The zero-order chi connectivity index (χ0) is 21.8. The van der Waals surface area contributed by atoms with E-state index in [0.717, 1.165) is 33.3 Å². The lowest BCUT2D eigenvalue weighted by molar-refractivity contribution is 0.0954. The molecule has 2 heterocycles. The molecule has 4 aromatic rings. The Morgan fingerprint density at radius 1 is 1.13 bits per heavy atom. The van der Waals surface area contributed by atoms with Crippen molar-refractivity contribution in [1.29, 1.82) is 5.26 Å². The van der Waals surface area contributed by atoms with Gasteiger partial charge in [0.1, 0.15) is 6.07 Å². The molecule has 2 aromatic carbocycles. The Balaban J connectivity index is 1.37. The van der Waals surface area contributed by atoms with E-state index in [2.05, 4.69) is 21.4 Å². The second kappa shape index (κ2) is 8.72. The van der Waals surface area contributed by atoms with E-state index < -0.39 is 0 Å². The molecule has 0 aliphatic carbocycles. The average molecular weight is 410 g/mol. The topological polar surface area (TPSA) is 90.8 Å². The van der Waals surface area contributed by atoms with Gasteiger partial charge in [0.05, 0.1) is 12.7 Å². The van der Waals surface area contributed by atoms with Crippen molar-refractivity contribution in [3.05, 3.63) is 83.2 Å². The Labute approximate surface area is 180 Å². The first-order valence-corrected chi connectivity index (χ1v) is 9.99. The number of hydrogen-bond donors (Lipinski definition) is 2. The van der Waals surface area contributed by atoms with Gasteiger partial charge in [0.25, 0.3) is 5.91 Å². The largest absolute Gasteiger partial charge is 0.481 e. The third-order valence-electron chi connectivity index (χ3n) is 5.29. The fraction of sp³-hybridized carbons (Fsp3) is 0.160. The molecule has 0 aliphatic rings. The molecule has 0 radical (unpaired) electrons. The number of hydrogen-bond acceptors (Lipinski definition) is 4. The summed E-state index contributed by atoms with van der Waals surface area (Å²) in [6.45, 7) is 2.41. The van der Waals surface area contributed by atoms with E-state index in [9.17, 15) is 10.1 Å². The van der Waals surface area contributed by atoms with Crippen LogP contribution in [0.5, 0.6) is 5.88 Å². The minimum atomic E-state index is -0.115. The molecular formula is C25H22N4O2. The molecule has 4 rings (SSSR count). The number of pyridine rings is 1. The fourth-order valence-corrected chi connectivity index (χ4v) is 3.58. The third kappa shape index (κ3) is 4.26. The number of methoxy groups -OCH3 is 1. The van der Waals surface area contributed by atoms with E-state index in [1.54, 1.807) is 13.3 Å². The van der Waals surface area contributed by atoms with Gasteiger partial charge in [0, 0.05) is 46.5 Å². The second-order valence-electron chi connectivity index (χ2n) is 7.29. The van der Waals surface area contributed by atoms with Crippen LogP contribution in [-0.2, 0) is 6.42 Å². The quantitative estimate of drug-likeness (QED) is 0.493. The van der Waals surface area contributed by atoms with Gasteiger partial charge >= 0.3 is 0 Å². The number of aromatic nitrogens is 2. The van der Waals surface area contributed by atoms with Crippen molar-refractivity contribution < 1.29 is 9.53 Å². The van der Waals surface area contributed by atoms with E-state index >= 15 is 0 Å². The Morgan fingerprint density at radius 3 is 2.58 bits per heavy atom. The number of benzene rings is 2. The highest BCUT2D eigenvalue weighted by molar-refractivity contribution is 5.94. The summed E-state index contributed by atoms with van der Waals surface area (Å²) in [5, 5.41) is 13.2. The summed E-state index contributed by atoms with van der Waals surface area (Å²) in [4.78, 5) is 19.9. The van der Waals surface area contributed by atoms with E-state index in [1.807, 2.05) is 61.5 Å². The van der Waals surface area contributed by atoms with Crippen LogP contribution in [0.15, 0.2) is 60.8 Å². The van der Waals surface area contributed by atoms with Crippen LogP contribution in [0.2, 0.25) is 0 Å². The van der Waals surface area contributed by atoms with Gasteiger partial charge in [-0.15, -0.1) is 0 Å². The van der Waals surface area contributed by atoms with Gasteiger partial charge in [0.2, 0.25) is 5.88 Å². The highest BCUT2D eigenvalue weighted by Gasteiger charge is 2.09. The predicted octanol–water partition coefficient (Wildman–Crippen LogP) is 4.39. The van der Waals surface area contributed by atoms with Gasteiger partial charge in [-0.1, -0.05) is 18.2 Å². The number of carbonyl (C=O) groups excluding carboxylic acids is 1. The molecule has 6 nitrogen and oxygen atoms in total. The summed E-state index contributed by atoms with van der Waals surface area (Å²) in [7, 11) is 1.58. The number of rotatable bonds is 6. The van der Waals surface area contributed by atoms with Crippen molar-refractivity contribution in [2.45, 2.75) is 13.3 Å². The van der Waals surface area contributed by atoms with Crippen LogP contribution in [0.4, 0.5) is 0 Å². The van der Waals surface area contributed by atoms with Crippen LogP contribution in [0, 0.1) is 18.3 Å². The number of fused-ring (bicyclic) bond motifs is 1. The van der Waals surface area contributed by atoms with Crippen LogP contribution < -0.4 is 10.1 Å². The lowest BCUT2D eigenvalue weighted by atomic mass is 10.0. The van der Waals surface area contributed by atoms with Crippen molar-refractivity contribution in [1.82, 2.24) is 15.3 Å². The molecule has 0 saturated heterocycles. The minimum Gasteiger partial charge on any atom is -0.481 e. The van der Waals surface area contributed by atoms with Crippen LogP contribution in [0.3, 0.4) is 0 Å². The standard InChI is InChI=1S/C25H22N4O2/c1-16-22(14-26)21-13-17(3-9-23(21)29-16)11-12-27-25(30)19-6-4-18(5-7-19)20-8-10-24(31-2)28-15-20/h3-10,13,15,29H,11-12H2,1-2H3,(H,27,30). The molecule has 0 aliphatic heterocycles. The van der Waals surface area contributed by atoms with Crippen molar-refractivity contribution in [3.63, 3.8) is 0 Å². The summed E-state index contributed by atoms with van der Waals surface area (Å²) >= 11 is 0. The number of nitrogens with one attached hydrogen (secondary N) is 2. The van der Waals surface area contributed by atoms with Crippen LogP contribution in [0.25, 0.3) is 22.0 Å². The van der Waals surface area contributed by atoms with Gasteiger partial charge < -0.3 is 15.0 Å². The monoisotopic (exact) mass is 410 g/mol. The first kappa shape index (κ1) is 20.2. The number of aromatic amines is 1. The zero-order valence-corrected chi connectivity index (χ0v) is 17.4. The first-order valence-electron chi connectivity index (χ1n) is 9.99. The van der Waals surface area contributed by atoms with Crippen molar-refractivity contribution >= 4 is 16.8 Å². The van der Waals surface area contributed by atoms with E-state index in [4.69, 9.17) is 4.74 Å². The molecule has 154 valence electrons. The van der Waals surface area contributed by atoms with E-state index in [0.29, 0.717) is 30.0 Å². The molecule has 0 fully saturated rings. The highest BCUT2D eigenvalue weighted by Crippen LogP contribution is 2.23. The van der Waals surface area contributed by atoms with Gasteiger partial charge in [-0.3, -0.25) is 4.79 Å². The predicted molar refractivity (Wildman–Crippen MR) is 120 cm³/mol. The summed E-state index contributed by atoms with van der Waals surface area (Å²) in [5.74, 6) is 0.449. The molecule has 0 saturated carbocycles. The minimum absolute atomic E-state index is 0.115. The van der Waals surface area contributed by atoms with Crippen molar-refractivity contribution in [2.75, 3.05) is 13.7 Å². The van der Waals surface area contributed by atoms with Crippen LogP contribution in [-0.4, -0.2) is 29.5 Å². The summed E-state index contributed by atoms with van der Waals surface area (Å²) in [5.41, 5.74) is 6.12. The number of nitriles is 1. The van der Waals surface area contributed by atoms with Crippen molar-refractivity contribution in [3.8, 4) is 23.1 Å².